The van der Waals surface area contributed by atoms with Gasteiger partial charge in [-0.15, -0.1) is 0 Å². The highest BCUT2D eigenvalue weighted by Crippen LogP contribution is 2.19. The van der Waals surface area contributed by atoms with Crippen molar-refractivity contribution in [1.82, 2.24) is 9.78 Å². The summed E-state index contributed by atoms with van der Waals surface area (Å²) in [6.45, 7) is 5.55. The standard InChI is InChI=1S/C14H18BrN3OS/c1-3-4-5-18-14(19)13(15)12(7-17-18)16-6-11-9-20-8-10(11)2/h7-9,16H,3-6H2,1-2H3. The van der Waals surface area contributed by atoms with Gasteiger partial charge in [0.1, 0.15) is 4.47 Å². The quantitative estimate of drug-likeness (QED) is 0.857. The first-order valence-electron chi connectivity index (χ1n) is 6.64. The van der Waals surface area contributed by atoms with Crippen molar-refractivity contribution in [3.8, 4) is 0 Å². The maximum Gasteiger partial charge on any atom is 0.283 e. The molecule has 2 rings (SSSR count). The first kappa shape index (κ1) is 15.3. The van der Waals surface area contributed by atoms with Gasteiger partial charge in [-0.3, -0.25) is 4.79 Å². The van der Waals surface area contributed by atoms with Gasteiger partial charge in [-0.1, -0.05) is 13.3 Å². The molecule has 6 heteroatoms. The molecule has 2 aromatic heterocycles. The van der Waals surface area contributed by atoms with Crippen LogP contribution in [0.4, 0.5) is 5.69 Å². The lowest BCUT2D eigenvalue weighted by Gasteiger charge is -2.10. The highest BCUT2D eigenvalue weighted by Gasteiger charge is 2.09. The summed E-state index contributed by atoms with van der Waals surface area (Å²) in [6, 6.07) is 0. The van der Waals surface area contributed by atoms with Crippen LogP contribution in [0.3, 0.4) is 0 Å². The van der Waals surface area contributed by atoms with E-state index in [1.165, 1.54) is 15.8 Å². The molecule has 4 nitrogen and oxygen atoms in total. The Bertz CT molecular complexity index is 636. The van der Waals surface area contributed by atoms with Crippen molar-refractivity contribution >= 4 is 33.0 Å². The van der Waals surface area contributed by atoms with Crippen LogP contribution < -0.4 is 10.9 Å². The van der Waals surface area contributed by atoms with E-state index in [4.69, 9.17) is 0 Å². The number of aromatic nitrogens is 2. The summed E-state index contributed by atoms with van der Waals surface area (Å²) in [5.74, 6) is 0. The van der Waals surface area contributed by atoms with Crippen LogP contribution in [0.1, 0.15) is 30.9 Å². The Labute approximate surface area is 131 Å². The Morgan fingerprint density at radius 1 is 1.45 bits per heavy atom. The first-order valence-corrected chi connectivity index (χ1v) is 8.38. The molecule has 0 amide bonds. The third kappa shape index (κ3) is 3.49. The molecule has 2 aromatic rings. The highest BCUT2D eigenvalue weighted by atomic mass is 79.9. The van der Waals surface area contributed by atoms with E-state index in [1.54, 1.807) is 17.5 Å². The van der Waals surface area contributed by atoms with Crippen LogP contribution in [0, 0.1) is 6.92 Å². The minimum Gasteiger partial charge on any atom is -0.379 e. The van der Waals surface area contributed by atoms with Crippen LogP contribution in [-0.4, -0.2) is 9.78 Å². The second-order valence-electron chi connectivity index (χ2n) is 4.69. The van der Waals surface area contributed by atoms with Gasteiger partial charge in [0.2, 0.25) is 0 Å². The van der Waals surface area contributed by atoms with Gasteiger partial charge in [0.15, 0.2) is 0 Å². The summed E-state index contributed by atoms with van der Waals surface area (Å²) >= 11 is 5.06. The summed E-state index contributed by atoms with van der Waals surface area (Å²) in [5.41, 5.74) is 3.18. The molecule has 0 aliphatic heterocycles. The molecule has 0 aromatic carbocycles. The zero-order valence-corrected chi connectivity index (χ0v) is 14.1. The fourth-order valence-corrected chi connectivity index (χ4v) is 3.12. The van der Waals surface area contributed by atoms with Crippen molar-refractivity contribution in [2.45, 2.75) is 39.8 Å². The van der Waals surface area contributed by atoms with Gasteiger partial charge in [-0.05, 0) is 51.2 Å². The zero-order chi connectivity index (χ0) is 14.5. The number of nitrogens with zero attached hydrogens (tertiary/aromatic N) is 2. The Morgan fingerprint density at radius 2 is 2.25 bits per heavy atom. The molecule has 0 saturated carbocycles. The zero-order valence-electron chi connectivity index (χ0n) is 11.6. The summed E-state index contributed by atoms with van der Waals surface area (Å²) in [4.78, 5) is 12.1. The molecule has 1 N–H and O–H groups in total. The van der Waals surface area contributed by atoms with Gasteiger partial charge in [0.05, 0.1) is 11.9 Å². The van der Waals surface area contributed by atoms with Crippen LogP contribution >= 0.6 is 27.3 Å². The molecule has 0 radical (unpaired) electrons. The molecule has 0 unspecified atom stereocenters. The molecule has 108 valence electrons. The van der Waals surface area contributed by atoms with Crippen LogP contribution in [0.5, 0.6) is 0 Å². The van der Waals surface area contributed by atoms with Crippen LogP contribution in [0.2, 0.25) is 0 Å². The number of hydrogen-bond donors (Lipinski definition) is 1. The Hall–Kier alpha value is -1.14. The van der Waals surface area contributed by atoms with Gasteiger partial charge in [-0.25, -0.2) is 4.68 Å². The molecule has 0 aliphatic rings. The number of aryl methyl sites for hydroxylation is 2. The van der Waals surface area contributed by atoms with Crippen molar-refractivity contribution in [3.63, 3.8) is 0 Å². The molecular weight excluding hydrogens is 338 g/mol. The van der Waals surface area contributed by atoms with E-state index < -0.39 is 0 Å². The topological polar surface area (TPSA) is 46.9 Å². The summed E-state index contributed by atoms with van der Waals surface area (Å²) in [6.07, 6.45) is 3.71. The third-order valence-electron chi connectivity index (χ3n) is 3.14. The SMILES string of the molecule is CCCCn1ncc(NCc2cscc2C)c(Br)c1=O. The lowest BCUT2D eigenvalue weighted by atomic mass is 10.2. The minimum atomic E-state index is -0.0782. The number of thiophene rings is 1. The minimum absolute atomic E-state index is 0.0782. The lowest BCUT2D eigenvalue weighted by molar-refractivity contribution is 0.541. The Kier molecular flexibility index (Phi) is 5.37. The Morgan fingerprint density at radius 3 is 2.90 bits per heavy atom. The van der Waals surface area contributed by atoms with E-state index in [9.17, 15) is 4.79 Å². The predicted octanol–water partition coefficient (Wildman–Crippen LogP) is 3.79. The normalized spacial score (nSPS) is 10.8. The molecule has 0 bridgehead atoms. The van der Waals surface area contributed by atoms with Crippen molar-refractivity contribution < 1.29 is 0 Å². The van der Waals surface area contributed by atoms with E-state index in [-0.39, 0.29) is 5.56 Å². The second kappa shape index (κ2) is 7.04. The average molecular weight is 356 g/mol. The van der Waals surface area contributed by atoms with Gasteiger partial charge in [0, 0.05) is 13.1 Å². The summed E-state index contributed by atoms with van der Waals surface area (Å²) in [5, 5.41) is 11.7. The number of anilines is 1. The fraction of sp³-hybridized carbons (Fsp3) is 0.429. The molecule has 0 atom stereocenters. The highest BCUT2D eigenvalue weighted by molar-refractivity contribution is 9.10. The maximum atomic E-state index is 12.1. The number of hydrogen-bond acceptors (Lipinski definition) is 4. The van der Waals surface area contributed by atoms with E-state index in [2.05, 4.69) is 51.0 Å². The van der Waals surface area contributed by atoms with Gasteiger partial charge >= 0.3 is 0 Å². The molecule has 2 heterocycles. The number of nitrogens with one attached hydrogen (secondary N) is 1. The molecule has 0 aliphatic carbocycles. The van der Waals surface area contributed by atoms with Crippen molar-refractivity contribution in [2.24, 2.45) is 0 Å². The van der Waals surface area contributed by atoms with E-state index in [0.717, 1.165) is 18.5 Å². The number of rotatable bonds is 6. The van der Waals surface area contributed by atoms with Crippen molar-refractivity contribution in [3.05, 3.63) is 42.9 Å². The van der Waals surface area contributed by atoms with E-state index in [1.807, 2.05) is 0 Å². The number of halogens is 1. The molecular formula is C14H18BrN3OS. The largest absolute Gasteiger partial charge is 0.379 e. The lowest BCUT2D eigenvalue weighted by Crippen LogP contribution is -2.24. The van der Waals surface area contributed by atoms with Crippen molar-refractivity contribution in [2.75, 3.05) is 5.32 Å². The molecule has 0 spiro atoms. The molecule has 0 fully saturated rings. The third-order valence-corrected chi connectivity index (χ3v) is 4.82. The summed E-state index contributed by atoms with van der Waals surface area (Å²) < 4.78 is 2.06. The van der Waals surface area contributed by atoms with Gasteiger partial charge in [-0.2, -0.15) is 16.4 Å². The van der Waals surface area contributed by atoms with Gasteiger partial charge in [0.25, 0.3) is 5.56 Å². The monoisotopic (exact) mass is 355 g/mol. The first-order chi connectivity index (χ1) is 9.63. The maximum absolute atomic E-state index is 12.1. The summed E-state index contributed by atoms with van der Waals surface area (Å²) in [7, 11) is 0. The fourth-order valence-electron chi connectivity index (χ4n) is 1.81. The van der Waals surface area contributed by atoms with E-state index in [0.29, 0.717) is 17.6 Å². The molecule has 0 saturated heterocycles. The second-order valence-corrected chi connectivity index (χ2v) is 6.22. The van der Waals surface area contributed by atoms with Crippen LogP contribution in [-0.2, 0) is 13.1 Å². The predicted molar refractivity (Wildman–Crippen MR) is 87.5 cm³/mol. The van der Waals surface area contributed by atoms with Crippen LogP contribution in [0.25, 0.3) is 0 Å². The average Bonchev–Trinajstić information content (AvgIpc) is 2.85. The van der Waals surface area contributed by atoms with E-state index >= 15 is 0 Å². The smallest absolute Gasteiger partial charge is 0.283 e. The van der Waals surface area contributed by atoms with Crippen molar-refractivity contribution in [1.29, 1.82) is 0 Å². The van der Waals surface area contributed by atoms with Crippen LogP contribution in [0.15, 0.2) is 26.2 Å². The van der Waals surface area contributed by atoms with Gasteiger partial charge < -0.3 is 5.32 Å². The Balaban J connectivity index is 2.11. The molecule has 20 heavy (non-hydrogen) atoms. The number of unbranched alkanes of at least 4 members (excludes halogenated alkanes) is 1.